The summed E-state index contributed by atoms with van der Waals surface area (Å²) >= 11 is 0. The monoisotopic (exact) mass is 284 g/mol. The second-order valence-corrected chi connectivity index (χ2v) is 5.54. The topological polar surface area (TPSA) is 29.5 Å². The lowest BCUT2D eigenvalue weighted by atomic mass is 9.95. The summed E-state index contributed by atoms with van der Waals surface area (Å²) in [4.78, 5) is 0. The molecule has 0 aromatic heterocycles. The van der Waals surface area contributed by atoms with E-state index in [0.717, 1.165) is 23.3 Å². The SMILES string of the molecule is CCC(C)c1ccc(C(O)Cc2ccc(OC)cc2)cc1. The average molecular weight is 284 g/mol. The second kappa shape index (κ2) is 7.28. The maximum atomic E-state index is 10.4. The maximum absolute atomic E-state index is 10.4. The minimum atomic E-state index is -0.468. The summed E-state index contributed by atoms with van der Waals surface area (Å²) in [6.45, 7) is 4.42. The Labute approximate surface area is 127 Å². The molecule has 0 radical (unpaired) electrons. The van der Waals surface area contributed by atoms with Crippen LogP contribution in [-0.2, 0) is 6.42 Å². The Morgan fingerprint density at radius 2 is 1.52 bits per heavy atom. The van der Waals surface area contributed by atoms with Crippen molar-refractivity contribution in [2.45, 2.75) is 38.7 Å². The Kier molecular flexibility index (Phi) is 5.40. The fraction of sp³-hybridized carbons (Fsp3) is 0.368. The Bertz CT molecular complexity index is 543. The van der Waals surface area contributed by atoms with Gasteiger partial charge >= 0.3 is 0 Å². The van der Waals surface area contributed by atoms with Crippen LogP contribution in [0.1, 0.15) is 49.0 Å². The van der Waals surface area contributed by atoms with Crippen molar-refractivity contribution < 1.29 is 9.84 Å². The molecule has 0 bridgehead atoms. The van der Waals surface area contributed by atoms with E-state index in [0.29, 0.717) is 12.3 Å². The lowest BCUT2D eigenvalue weighted by Crippen LogP contribution is -2.02. The van der Waals surface area contributed by atoms with E-state index in [1.807, 2.05) is 36.4 Å². The van der Waals surface area contributed by atoms with Gasteiger partial charge in [0.25, 0.3) is 0 Å². The van der Waals surface area contributed by atoms with Crippen LogP contribution in [0.15, 0.2) is 48.5 Å². The molecule has 0 amide bonds. The minimum absolute atomic E-state index is 0.468. The van der Waals surface area contributed by atoms with Crippen molar-refractivity contribution in [2.24, 2.45) is 0 Å². The average Bonchev–Trinajstić information content (AvgIpc) is 2.55. The lowest BCUT2D eigenvalue weighted by molar-refractivity contribution is 0.178. The normalized spacial score (nSPS) is 13.7. The highest BCUT2D eigenvalue weighted by Gasteiger charge is 2.10. The fourth-order valence-corrected chi connectivity index (χ4v) is 2.39. The maximum Gasteiger partial charge on any atom is 0.118 e. The summed E-state index contributed by atoms with van der Waals surface area (Å²) in [7, 11) is 1.66. The van der Waals surface area contributed by atoms with Crippen molar-refractivity contribution >= 4 is 0 Å². The molecular weight excluding hydrogens is 260 g/mol. The van der Waals surface area contributed by atoms with E-state index < -0.39 is 6.10 Å². The first kappa shape index (κ1) is 15.6. The predicted octanol–water partition coefficient (Wildman–Crippen LogP) is 4.48. The van der Waals surface area contributed by atoms with Gasteiger partial charge in [-0.15, -0.1) is 0 Å². The van der Waals surface area contributed by atoms with Gasteiger partial charge in [-0.1, -0.05) is 50.2 Å². The number of methoxy groups -OCH3 is 1. The van der Waals surface area contributed by atoms with Crippen molar-refractivity contribution in [1.29, 1.82) is 0 Å². The first-order valence-corrected chi connectivity index (χ1v) is 7.55. The van der Waals surface area contributed by atoms with Gasteiger partial charge in [-0.2, -0.15) is 0 Å². The Balaban J connectivity index is 2.03. The summed E-state index contributed by atoms with van der Waals surface area (Å²) in [5.41, 5.74) is 3.41. The van der Waals surface area contributed by atoms with E-state index in [2.05, 4.69) is 26.0 Å². The smallest absolute Gasteiger partial charge is 0.118 e. The molecule has 2 unspecified atom stereocenters. The molecule has 2 heteroatoms. The molecule has 2 nitrogen and oxygen atoms in total. The molecule has 0 aliphatic heterocycles. The Morgan fingerprint density at radius 1 is 0.952 bits per heavy atom. The van der Waals surface area contributed by atoms with Crippen LogP contribution in [0.5, 0.6) is 5.75 Å². The van der Waals surface area contributed by atoms with E-state index in [1.165, 1.54) is 5.56 Å². The molecule has 2 aromatic carbocycles. The number of ether oxygens (including phenoxy) is 1. The number of hydrogen-bond donors (Lipinski definition) is 1. The van der Waals surface area contributed by atoms with Crippen LogP contribution < -0.4 is 4.74 Å². The van der Waals surface area contributed by atoms with Gasteiger partial charge in [0.15, 0.2) is 0 Å². The van der Waals surface area contributed by atoms with E-state index >= 15 is 0 Å². The molecule has 0 saturated heterocycles. The van der Waals surface area contributed by atoms with E-state index in [-0.39, 0.29) is 0 Å². The van der Waals surface area contributed by atoms with Gasteiger partial charge in [0, 0.05) is 6.42 Å². The highest BCUT2D eigenvalue weighted by Crippen LogP contribution is 2.23. The summed E-state index contributed by atoms with van der Waals surface area (Å²) in [6.07, 6.45) is 1.28. The minimum Gasteiger partial charge on any atom is -0.497 e. The molecule has 0 spiro atoms. The van der Waals surface area contributed by atoms with Crippen LogP contribution in [0, 0.1) is 0 Å². The van der Waals surface area contributed by atoms with Crippen LogP contribution >= 0.6 is 0 Å². The molecule has 0 aliphatic rings. The van der Waals surface area contributed by atoms with E-state index in [1.54, 1.807) is 7.11 Å². The van der Waals surface area contributed by atoms with Crippen molar-refractivity contribution in [3.05, 3.63) is 65.2 Å². The van der Waals surface area contributed by atoms with Crippen molar-refractivity contribution in [2.75, 3.05) is 7.11 Å². The van der Waals surface area contributed by atoms with E-state index in [4.69, 9.17) is 4.74 Å². The van der Waals surface area contributed by atoms with Gasteiger partial charge in [0.1, 0.15) is 5.75 Å². The van der Waals surface area contributed by atoms with Crippen LogP contribution in [0.3, 0.4) is 0 Å². The van der Waals surface area contributed by atoms with Gasteiger partial charge in [-0.25, -0.2) is 0 Å². The zero-order valence-electron chi connectivity index (χ0n) is 13.0. The number of aliphatic hydroxyl groups excluding tert-OH is 1. The second-order valence-electron chi connectivity index (χ2n) is 5.54. The molecule has 1 N–H and O–H groups in total. The lowest BCUT2D eigenvalue weighted by Gasteiger charge is -2.14. The van der Waals surface area contributed by atoms with Gasteiger partial charge in [-0.3, -0.25) is 0 Å². The first-order chi connectivity index (χ1) is 10.1. The predicted molar refractivity (Wildman–Crippen MR) is 86.8 cm³/mol. The van der Waals surface area contributed by atoms with Gasteiger partial charge < -0.3 is 9.84 Å². The zero-order valence-corrected chi connectivity index (χ0v) is 13.0. The molecule has 0 heterocycles. The number of rotatable bonds is 6. The molecular formula is C19H24O2. The van der Waals surface area contributed by atoms with Crippen molar-refractivity contribution in [3.8, 4) is 5.75 Å². The van der Waals surface area contributed by atoms with Crippen LogP contribution in [0.25, 0.3) is 0 Å². The first-order valence-electron chi connectivity index (χ1n) is 7.55. The highest BCUT2D eigenvalue weighted by molar-refractivity contribution is 5.30. The standard InChI is InChI=1S/C19H24O2/c1-4-14(2)16-7-9-17(10-8-16)19(20)13-15-5-11-18(21-3)12-6-15/h5-12,14,19-20H,4,13H2,1-3H3. The highest BCUT2D eigenvalue weighted by atomic mass is 16.5. The molecule has 2 atom stereocenters. The summed E-state index contributed by atoms with van der Waals surface area (Å²) in [5.74, 6) is 1.41. The molecule has 0 fully saturated rings. The van der Waals surface area contributed by atoms with Gasteiger partial charge in [0.05, 0.1) is 13.2 Å². The number of benzene rings is 2. The Hall–Kier alpha value is -1.80. The molecule has 2 aromatic rings. The van der Waals surface area contributed by atoms with Crippen molar-refractivity contribution in [1.82, 2.24) is 0 Å². The van der Waals surface area contributed by atoms with Crippen molar-refractivity contribution in [3.63, 3.8) is 0 Å². The van der Waals surface area contributed by atoms with Gasteiger partial charge in [0.2, 0.25) is 0 Å². The molecule has 21 heavy (non-hydrogen) atoms. The third kappa shape index (κ3) is 4.08. The van der Waals surface area contributed by atoms with Crippen LogP contribution in [0.2, 0.25) is 0 Å². The molecule has 0 aliphatic carbocycles. The summed E-state index contributed by atoms with van der Waals surface area (Å²) in [6, 6.07) is 16.2. The van der Waals surface area contributed by atoms with Crippen LogP contribution in [0.4, 0.5) is 0 Å². The Morgan fingerprint density at radius 3 is 2.05 bits per heavy atom. The van der Waals surface area contributed by atoms with E-state index in [9.17, 15) is 5.11 Å². The molecule has 0 saturated carbocycles. The summed E-state index contributed by atoms with van der Waals surface area (Å²) in [5, 5.41) is 10.4. The molecule has 112 valence electrons. The fourth-order valence-electron chi connectivity index (χ4n) is 2.39. The number of aliphatic hydroxyl groups is 1. The number of hydrogen-bond acceptors (Lipinski definition) is 2. The van der Waals surface area contributed by atoms with Crippen LogP contribution in [-0.4, -0.2) is 12.2 Å². The van der Waals surface area contributed by atoms with Gasteiger partial charge in [-0.05, 0) is 41.2 Å². The quantitative estimate of drug-likeness (QED) is 0.847. The third-order valence-corrected chi connectivity index (χ3v) is 4.09. The third-order valence-electron chi connectivity index (χ3n) is 4.09. The summed E-state index contributed by atoms with van der Waals surface area (Å²) < 4.78 is 5.14. The largest absolute Gasteiger partial charge is 0.497 e. The zero-order chi connectivity index (χ0) is 15.2. The molecule has 2 rings (SSSR count).